The van der Waals surface area contributed by atoms with Crippen LogP contribution in [0, 0.1) is 0 Å². The molecule has 0 aliphatic rings. The fourth-order valence-electron chi connectivity index (χ4n) is 7.17. The Hall–Kier alpha value is -6.64. The minimum atomic E-state index is 1.05. The van der Waals surface area contributed by atoms with E-state index in [9.17, 15) is 0 Å². The minimum Gasteiger partial charge on any atom is -0.355 e. The first kappa shape index (κ1) is 29.5. The van der Waals surface area contributed by atoms with Crippen molar-refractivity contribution in [3.8, 4) is 50.2 Å². The van der Waals surface area contributed by atoms with E-state index in [4.69, 9.17) is 0 Å². The van der Waals surface area contributed by atoms with Crippen molar-refractivity contribution in [1.29, 1.82) is 0 Å². The predicted molar refractivity (Wildman–Crippen MR) is 212 cm³/mol. The molecule has 1 aromatic heterocycles. The highest BCUT2D eigenvalue weighted by Gasteiger charge is 2.14. The summed E-state index contributed by atoms with van der Waals surface area (Å²) in [6.07, 6.45) is 0. The van der Waals surface area contributed by atoms with Crippen molar-refractivity contribution in [2.45, 2.75) is 0 Å². The molecule has 1 heterocycles. The lowest BCUT2D eigenvalue weighted by Crippen LogP contribution is -1.95. The average molecular weight is 639 g/mol. The zero-order valence-corrected chi connectivity index (χ0v) is 27.5. The monoisotopic (exact) mass is 638 g/mol. The summed E-state index contributed by atoms with van der Waals surface area (Å²) in [5, 5.41) is 6.32. The largest absolute Gasteiger partial charge is 0.355 e. The Morgan fingerprint density at radius 3 is 1.60 bits per heavy atom. The number of hydrogen-bond donors (Lipinski definition) is 1. The number of rotatable bonds is 7. The summed E-state index contributed by atoms with van der Waals surface area (Å²) in [7, 11) is 0. The maximum Gasteiger partial charge on any atom is 0.0541 e. The van der Waals surface area contributed by atoms with Crippen LogP contribution in [0.5, 0.6) is 0 Å². The van der Waals surface area contributed by atoms with Crippen LogP contribution >= 0.6 is 0 Å². The highest BCUT2D eigenvalue weighted by Crippen LogP contribution is 2.38. The molecule has 0 radical (unpaired) electrons. The smallest absolute Gasteiger partial charge is 0.0541 e. The van der Waals surface area contributed by atoms with Gasteiger partial charge in [0.25, 0.3) is 0 Å². The van der Waals surface area contributed by atoms with Crippen molar-refractivity contribution in [3.63, 3.8) is 0 Å². The molecular formula is C48H34N2. The van der Waals surface area contributed by atoms with Crippen LogP contribution in [-0.4, -0.2) is 4.57 Å². The van der Waals surface area contributed by atoms with Gasteiger partial charge in [-0.25, -0.2) is 0 Å². The second-order valence-electron chi connectivity index (χ2n) is 12.7. The molecule has 0 bridgehead atoms. The molecule has 0 saturated carbocycles. The molecule has 2 nitrogen and oxygen atoms in total. The molecule has 9 rings (SSSR count). The molecule has 0 fully saturated rings. The Balaban J connectivity index is 1.11. The summed E-state index contributed by atoms with van der Waals surface area (Å²) in [4.78, 5) is 0. The molecule has 0 saturated heterocycles. The highest BCUT2D eigenvalue weighted by atomic mass is 15.0. The molecule has 50 heavy (non-hydrogen) atoms. The molecule has 0 atom stereocenters. The highest BCUT2D eigenvalue weighted by molar-refractivity contribution is 6.10. The first-order valence-corrected chi connectivity index (χ1v) is 17.1. The van der Waals surface area contributed by atoms with E-state index in [0.717, 1.165) is 16.9 Å². The molecule has 2 heteroatoms. The van der Waals surface area contributed by atoms with Crippen molar-refractivity contribution in [3.05, 3.63) is 200 Å². The van der Waals surface area contributed by atoms with Crippen molar-refractivity contribution >= 4 is 33.2 Å². The van der Waals surface area contributed by atoms with Gasteiger partial charge < -0.3 is 9.88 Å². The molecule has 9 aromatic rings. The molecule has 0 amide bonds. The Labute approximate surface area is 292 Å². The van der Waals surface area contributed by atoms with E-state index < -0.39 is 0 Å². The maximum atomic E-state index is 3.81. The summed E-state index contributed by atoms with van der Waals surface area (Å²) in [5.41, 5.74) is 15.2. The zero-order chi connectivity index (χ0) is 33.3. The average Bonchev–Trinajstić information content (AvgIpc) is 3.53. The van der Waals surface area contributed by atoms with Gasteiger partial charge in [0.05, 0.1) is 11.0 Å². The van der Waals surface area contributed by atoms with Crippen LogP contribution < -0.4 is 5.32 Å². The maximum absolute atomic E-state index is 3.81. The van der Waals surface area contributed by atoms with Gasteiger partial charge in [-0.15, -0.1) is 0 Å². The quantitative estimate of drug-likeness (QED) is 0.184. The van der Waals surface area contributed by atoms with Gasteiger partial charge >= 0.3 is 0 Å². The number of fused-ring (bicyclic) bond motifs is 3. The number of anilines is 2. The normalized spacial score (nSPS) is 11.2. The lowest BCUT2D eigenvalue weighted by molar-refractivity contribution is 1.18. The van der Waals surface area contributed by atoms with Crippen molar-refractivity contribution < 1.29 is 0 Å². The number of nitrogens with one attached hydrogen (secondary N) is 1. The van der Waals surface area contributed by atoms with E-state index in [1.165, 1.54) is 66.4 Å². The van der Waals surface area contributed by atoms with Crippen LogP contribution in [0.4, 0.5) is 11.4 Å². The number of nitrogens with zero attached hydrogens (tertiary/aromatic N) is 1. The Morgan fingerprint density at radius 2 is 0.860 bits per heavy atom. The van der Waals surface area contributed by atoms with Crippen molar-refractivity contribution in [1.82, 2.24) is 4.57 Å². The topological polar surface area (TPSA) is 17.0 Å². The van der Waals surface area contributed by atoms with Crippen LogP contribution in [0.2, 0.25) is 0 Å². The van der Waals surface area contributed by atoms with Gasteiger partial charge in [0.2, 0.25) is 0 Å². The van der Waals surface area contributed by atoms with Crippen LogP contribution in [-0.2, 0) is 0 Å². The van der Waals surface area contributed by atoms with Gasteiger partial charge in [0, 0.05) is 33.4 Å². The van der Waals surface area contributed by atoms with Gasteiger partial charge in [-0.2, -0.15) is 0 Å². The second-order valence-corrected chi connectivity index (χ2v) is 12.7. The van der Waals surface area contributed by atoms with Gasteiger partial charge in [0.1, 0.15) is 0 Å². The molecule has 0 aliphatic heterocycles. The van der Waals surface area contributed by atoms with Crippen LogP contribution in [0.15, 0.2) is 200 Å². The zero-order valence-electron chi connectivity index (χ0n) is 27.5. The molecule has 0 aliphatic carbocycles. The van der Waals surface area contributed by atoms with E-state index in [-0.39, 0.29) is 0 Å². The fourth-order valence-corrected chi connectivity index (χ4v) is 7.17. The summed E-state index contributed by atoms with van der Waals surface area (Å²) >= 11 is 0. The molecule has 0 unspecified atom stereocenters. The molecule has 8 aromatic carbocycles. The van der Waals surface area contributed by atoms with Gasteiger partial charge in [-0.05, 0) is 99.6 Å². The second kappa shape index (κ2) is 12.8. The van der Waals surface area contributed by atoms with Crippen LogP contribution in [0.25, 0.3) is 72.0 Å². The Kier molecular flexibility index (Phi) is 7.53. The third kappa shape index (κ3) is 5.53. The third-order valence-corrected chi connectivity index (χ3v) is 9.55. The van der Waals surface area contributed by atoms with Crippen LogP contribution in [0.3, 0.4) is 0 Å². The van der Waals surface area contributed by atoms with E-state index >= 15 is 0 Å². The van der Waals surface area contributed by atoms with E-state index in [0.29, 0.717) is 0 Å². The van der Waals surface area contributed by atoms with Gasteiger partial charge in [-0.1, -0.05) is 140 Å². The number of aromatic nitrogens is 1. The van der Waals surface area contributed by atoms with E-state index in [1.54, 1.807) is 0 Å². The van der Waals surface area contributed by atoms with Gasteiger partial charge in [-0.3, -0.25) is 0 Å². The van der Waals surface area contributed by atoms with Gasteiger partial charge in [0.15, 0.2) is 0 Å². The SMILES string of the molecule is c1ccc(-c2cc(Nc3ccccc3-c3cccc(-c4ccc5c(c4)c4ccccc4n5-c4ccccc4)c3)cc(-c3ccccc3)c2)cc1. The third-order valence-electron chi connectivity index (χ3n) is 9.55. The Morgan fingerprint density at radius 1 is 0.320 bits per heavy atom. The number of hydrogen-bond acceptors (Lipinski definition) is 1. The first-order valence-electron chi connectivity index (χ1n) is 17.1. The molecule has 0 spiro atoms. The summed E-state index contributed by atoms with van der Waals surface area (Å²) in [5.74, 6) is 0. The molecule has 1 N–H and O–H groups in total. The lowest BCUT2D eigenvalue weighted by Gasteiger charge is -2.16. The lowest BCUT2D eigenvalue weighted by atomic mass is 9.96. The predicted octanol–water partition coefficient (Wildman–Crippen LogP) is 13.2. The van der Waals surface area contributed by atoms with E-state index in [1.807, 2.05) is 0 Å². The molecule has 236 valence electrons. The van der Waals surface area contributed by atoms with Crippen molar-refractivity contribution in [2.24, 2.45) is 0 Å². The first-order chi connectivity index (χ1) is 24.8. The minimum absolute atomic E-state index is 1.05. The standard InChI is InChI=1S/C48H34N2/c1-4-15-34(16-5-1)39-30-40(35-17-6-2-7-18-35)32-41(31-39)49-46-25-12-10-23-43(46)38-20-14-19-36(29-38)37-27-28-48-45(33-37)44-24-11-13-26-47(44)50(48)42-21-8-3-9-22-42/h1-33,49H. The van der Waals surface area contributed by atoms with E-state index in [2.05, 4.69) is 210 Å². The fraction of sp³-hybridized carbons (Fsp3) is 0. The van der Waals surface area contributed by atoms with Crippen LogP contribution in [0.1, 0.15) is 0 Å². The summed E-state index contributed by atoms with van der Waals surface area (Å²) in [6, 6.07) is 71.7. The Bertz CT molecular complexity index is 2540. The summed E-state index contributed by atoms with van der Waals surface area (Å²) in [6.45, 7) is 0. The summed E-state index contributed by atoms with van der Waals surface area (Å²) < 4.78 is 2.36. The van der Waals surface area contributed by atoms with Crippen molar-refractivity contribution in [2.75, 3.05) is 5.32 Å². The number of para-hydroxylation sites is 3. The number of benzene rings is 8. The molecular weight excluding hydrogens is 605 g/mol.